The van der Waals surface area contributed by atoms with Crippen molar-refractivity contribution in [3.05, 3.63) is 35.4 Å². The van der Waals surface area contributed by atoms with Gasteiger partial charge in [-0.15, -0.1) is 0 Å². The van der Waals surface area contributed by atoms with Crippen molar-refractivity contribution in [1.82, 2.24) is 0 Å². The fourth-order valence-electron chi connectivity index (χ4n) is 1.06. The first-order valence-corrected chi connectivity index (χ1v) is 4.66. The second-order valence-corrected chi connectivity index (χ2v) is 3.49. The van der Waals surface area contributed by atoms with Crippen molar-refractivity contribution in [2.45, 2.75) is 20.8 Å². The Hall–Kier alpha value is -1.44. The smallest absolute Gasteiger partial charge is 0.126 e. The van der Waals surface area contributed by atoms with Crippen LogP contribution >= 0.6 is 0 Å². The Kier molecular flexibility index (Phi) is 3.57. The van der Waals surface area contributed by atoms with E-state index in [1.165, 1.54) is 5.57 Å². The predicted octanol–water partition coefficient (Wildman–Crippen LogP) is 3.05. The molecule has 0 unspecified atom stereocenters. The SMILES string of the molecule is CC(C)=CCOc1cccc(O)c1C. The first-order valence-electron chi connectivity index (χ1n) is 4.66. The maximum atomic E-state index is 9.41. The van der Waals surface area contributed by atoms with Gasteiger partial charge >= 0.3 is 0 Å². The number of phenols is 1. The van der Waals surface area contributed by atoms with E-state index < -0.39 is 0 Å². The fraction of sp³-hybridized carbons (Fsp3) is 0.333. The molecule has 2 nitrogen and oxygen atoms in total. The third kappa shape index (κ3) is 2.80. The van der Waals surface area contributed by atoms with E-state index in [-0.39, 0.29) is 5.75 Å². The molecule has 1 aromatic rings. The van der Waals surface area contributed by atoms with Crippen LogP contribution < -0.4 is 4.74 Å². The fourth-order valence-corrected chi connectivity index (χ4v) is 1.06. The maximum Gasteiger partial charge on any atom is 0.126 e. The van der Waals surface area contributed by atoms with Crippen molar-refractivity contribution in [2.24, 2.45) is 0 Å². The van der Waals surface area contributed by atoms with Gasteiger partial charge in [-0.25, -0.2) is 0 Å². The van der Waals surface area contributed by atoms with Gasteiger partial charge in [0.2, 0.25) is 0 Å². The van der Waals surface area contributed by atoms with Gasteiger partial charge in [-0.05, 0) is 39.0 Å². The molecule has 0 spiro atoms. The van der Waals surface area contributed by atoms with Gasteiger partial charge in [0, 0.05) is 5.56 Å². The number of aromatic hydroxyl groups is 1. The molecule has 1 N–H and O–H groups in total. The van der Waals surface area contributed by atoms with Crippen LogP contribution in [-0.4, -0.2) is 11.7 Å². The Bertz CT molecular complexity index is 336. The molecule has 0 amide bonds. The lowest BCUT2D eigenvalue weighted by Crippen LogP contribution is -1.95. The highest BCUT2D eigenvalue weighted by atomic mass is 16.5. The van der Waals surface area contributed by atoms with Crippen LogP contribution in [0.2, 0.25) is 0 Å². The van der Waals surface area contributed by atoms with Crippen LogP contribution in [0.4, 0.5) is 0 Å². The van der Waals surface area contributed by atoms with Gasteiger partial charge in [-0.2, -0.15) is 0 Å². The molecule has 2 heteroatoms. The zero-order valence-electron chi connectivity index (χ0n) is 8.87. The van der Waals surface area contributed by atoms with Crippen molar-refractivity contribution in [2.75, 3.05) is 6.61 Å². The quantitative estimate of drug-likeness (QED) is 0.746. The summed E-state index contributed by atoms with van der Waals surface area (Å²) in [6, 6.07) is 5.29. The zero-order chi connectivity index (χ0) is 10.6. The Labute approximate surface area is 84.8 Å². The van der Waals surface area contributed by atoms with Crippen LogP contribution in [0.5, 0.6) is 11.5 Å². The van der Waals surface area contributed by atoms with Gasteiger partial charge in [0.05, 0.1) is 0 Å². The van der Waals surface area contributed by atoms with Crippen LogP contribution in [0, 0.1) is 6.92 Å². The van der Waals surface area contributed by atoms with Gasteiger partial charge in [0.25, 0.3) is 0 Å². The Morgan fingerprint density at radius 2 is 2.14 bits per heavy atom. The highest BCUT2D eigenvalue weighted by Gasteiger charge is 2.01. The average Bonchev–Trinajstić information content (AvgIpc) is 2.12. The Morgan fingerprint density at radius 3 is 2.79 bits per heavy atom. The molecule has 0 aliphatic rings. The molecule has 14 heavy (non-hydrogen) atoms. The minimum Gasteiger partial charge on any atom is -0.508 e. The second-order valence-electron chi connectivity index (χ2n) is 3.49. The molecule has 0 bridgehead atoms. The third-order valence-corrected chi connectivity index (χ3v) is 1.99. The van der Waals surface area contributed by atoms with Crippen LogP contribution in [0.3, 0.4) is 0 Å². The van der Waals surface area contributed by atoms with Crippen LogP contribution in [0.1, 0.15) is 19.4 Å². The maximum absolute atomic E-state index is 9.41. The Balaban J connectivity index is 2.68. The highest BCUT2D eigenvalue weighted by molar-refractivity contribution is 5.42. The molecule has 0 atom stereocenters. The van der Waals surface area contributed by atoms with Crippen molar-refractivity contribution >= 4 is 0 Å². The van der Waals surface area contributed by atoms with E-state index in [1.54, 1.807) is 12.1 Å². The molecule has 0 heterocycles. The highest BCUT2D eigenvalue weighted by Crippen LogP contribution is 2.25. The van der Waals surface area contributed by atoms with E-state index >= 15 is 0 Å². The van der Waals surface area contributed by atoms with Gasteiger partial charge in [-0.3, -0.25) is 0 Å². The summed E-state index contributed by atoms with van der Waals surface area (Å²) in [5, 5.41) is 9.41. The zero-order valence-corrected chi connectivity index (χ0v) is 8.87. The number of hydrogen-bond donors (Lipinski definition) is 1. The normalized spacial score (nSPS) is 9.64. The Morgan fingerprint density at radius 1 is 1.43 bits per heavy atom. The molecule has 1 aromatic carbocycles. The van der Waals surface area contributed by atoms with E-state index in [9.17, 15) is 5.11 Å². The van der Waals surface area contributed by atoms with Crippen molar-refractivity contribution in [3.8, 4) is 11.5 Å². The molecular weight excluding hydrogens is 176 g/mol. The van der Waals surface area contributed by atoms with Gasteiger partial charge < -0.3 is 9.84 Å². The number of hydrogen-bond acceptors (Lipinski definition) is 2. The van der Waals surface area contributed by atoms with Gasteiger partial charge in [0.1, 0.15) is 18.1 Å². The number of benzene rings is 1. The summed E-state index contributed by atoms with van der Waals surface area (Å²) in [6.07, 6.45) is 2.00. The van der Waals surface area contributed by atoms with Gasteiger partial charge in [0.15, 0.2) is 0 Å². The largest absolute Gasteiger partial charge is 0.508 e. The van der Waals surface area contributed by atoms with Crippen LogP contribution in [-0.2, 0) is 0 Å². The third-order valence-electron chi connectivity index (χ3n) is 1.99. The number of ether oxygens (including phenoxy) is 1. The summed E-state index contributed by atoms with van der Waals surface area (Å²) in [5.74, 6) is 1.02. The number of allylic oxidation sites excluding steroid dienone is 1. The standard InChI is InChI=1S/C12H16O2/c1-9(2)7-8-14-12-6-4-5-11(13)10(12)3/h4-7,13H,8H2,1-3H3. The van der Waals surface area contributed by atoms with E-state index in [0.717, 1.165) is 11.3 Å². The van der Waals surface area contributed by atoms with E-state index in [4.69, 9.17) is 4.74 Å². The first-order chi connectivity index (χ1) is 6.61. The van der Waals surface area contributed by atoms with Crippen molar-refractivity contribution in [3.63, 3.8) is 0 Å². The molecule has 76 valence electrons. The second kappa shape index (κ2) is 4.70. The average molecular weight is 192 g/mol. The van der Waals surface area contributed by atoms with Crippen LogP contribution in [0.25, 0.3) is 0 Å². The monoisotopic (exact) mass is 192 g/mol. The lowest BCUT2D eigenvalue weighted by Gasteiger charge is -2.07. The van der Waals surface area contributed by atoms with Gasteiger partial charge in [-0.1, -0.05) is 11.6 Å². The topological polar surface area (TPSA) is 29.5 Å². The number of rotatable bonds is 3. The lowest BCUT2D eigenvalue weighted by atomic mass is 10.2. The summed E-state index contributed by atoms with van der Waals surface area (Å²) in [4.78, 5) is 0. The van der Waals surface area contributed by atoms with Crippen molar-refractivity contribution < 1.29 is 9.84 Å². The molecule has 0 aliphatic carbocycles. The molecule has 1 rings (SSSR count). The molecule has 0 fully saturated rings. The lowest BCUT2D eigenvalue weighted by molar-refractivity contribution is 0.355. The van der Waals surface area contributed by atoms with Crippen molar-refractivity contribution in [1.29, 1.82) is 0 Å². The summed E-state index contributed by atoms with van der Waals surface area (Å²) >= 11 is 0. The summed E-state index contributed by atoms with van der Waals surface area (Å²) < 4.78 is 5.49. The summed E-state index contributed by atoms with van der Waals surface area (Å²) in [6.45, 7) is 6.44. The molecule has 0 saturated carbocycles. The molecule has 0 aliphatic heterocycles. The van der Waals surface area contributed by atoms with E-state index in [2.05, 4.69) is 0 Å². The minimum absolute atomic E-state index is 0.278. The first kappa shape index (κ1) is 10.6. The molecule has 0 aromatic heterocycles. The van der Waals surface area contributed by atoms with E-state index in [1.807, 2.05) is 32.9 Å². The summed E-state index contributed by atoms with van der Waals surface area (Å²) in [5.41, 5.74) is 2.01. The molecular formula is C12H16O2. The predicted molar refractivity (Wildman–Crippen MR) is 57.8 cm³/mol. The number of phenolic OH excluding ortho intramolecular Hbond substituents is 1. The minimum atomic E-state index is 0.278. The molecule has 0 radical (unpaired) electrons. The van der Waals surface area contributed by atoms with Crippen LogP contribution in [0.15, 0.2) is 29.8 Å². The van der Waals surface area contributed by atoms with E-state index in [0.29, 0.717) is 6.61 Å². The molecule has 0 saturated heterocycles. The summed E-state index contributed by atoms with van der Waals surface area (Å²) in [7, 11) is 0.